The molecular weight excluding hydrogens is 496 g/mol. The summed E-state index contributed by atoms with van der Waals surface area (Å²) in [4.78, 5) is 49.7. The Morgan fingerprint density at radius 1 is 1.23 bits per heavy atom. The van der Waals surface area contributed by atoms with Crippen LogP contribution in [0.3, 0.4) is 0 Å². The van der Waals surface area contributed by atoms with E-state index >= 15 is 0 Å². The molecule has 3 aliphatic heterocycles. The quantitative estimate of drug-likeness (QED) is 0.235. The molecular formula is C22H23N3Na2O7S. The molecule has 2 fully saturated rings. The number of aliphatic hydroxyl groups is 1. The van der Waals surface area contributed by atoms with Crippen LogP contribution in [0, 0.1) is 11.8 Å². The third-order valence-electron chi connectivity index (χ3n) is 6.37. The van der Waals surface area contributed by atoms with Gasteiger partial charge in [0, 0.05) is 28.3 Å². The van der Waals surface area contributed by atoms with Gasteiger partial charge in [0.25, 0.3) is 0 Å². The van der Waals surface area contributed by atoms with E-state index in [9.17, 15) is 34.5 Å². The summed E-state index contributed by atoms with van der Waals surface area (Å²) < 4.78 is 0. The van der Waals surface area contributed by atoms with Crippen molar-refractivity contribution in [3.8, 4) is 0 Å². The second-order valence-corrected chi connectivity index (χ2v) is 9.89. The number of carboxylic acids is 2. The summed E-state index contributed by atoms with van der Waals surface area (Å²) in [5.41, 5.74) is 0.136. The number of amides is 2. The van der Waals surface area contributed by atoms with Crippen LogP contribution >= 0.6 is 11.8 Å². The Labute approximate surface area is 250 Å². The average molecular weight is 519 g/mol. The molecule has 0 spiro atoms. The predicted octanol–water partition coefficient (Wildman–Crippen LogP) is -7.72. The molecule has 0 bridgehead atoms. The summed E-state index contributed by atoms with van der Waals surface area (Å²) in [6.07, 6.45) is -0.476. The number of carbonyl (C=O) groups is 4. The van der Waals surface area contributed by atoms with Crippen LogP contribution < -0.4 is 80.0 Å². The molecule has 3 N–H and O–H groups in total. The number of fused-ring (bicyclic) bond motifs is 1. The van der Waals surface area contributed by atoms with Gasteiger partial charge in [0.15, 0.2) is 0 Å². The van der Waals surface area contributed by atoms with Crippen LogP contribution in [0.5, 0.6) is 0 Å². The molecule has 0 unspecified atom stereocenters. The molecule has 13 heteroatoms. The molecule has 3 heterocycles. The largest absolute Gasteiger partial charge is 1.00 e. The zero-order valence-corrected chi connectivity index (χ0v) is 24.8. The van der Waals surface area contributed by atoms with E-state index in [-0.39, 0.29) is 87.5 Å². The molecule has 0 saturated carbocycles. The summed E-state index contributed by atoms with van der Waals surface area (Å²) in [7, 11) is 0. The Morgan fingerprint density at radius 3 is 2.51 bits per heavy atom. The van der Waals surface area contributed by atoms with Gasteiger partial charge in [0.05, 0.1) is 41.7 Å². The Hall–Kier alpha value is -0.890. The van der Waals surface area contributed by atoms with Crippen LogP contribution in [0.15, 0.2) is 34.9 Å². The Balaban J connectivity index is 0.00000216. The number of hydrogen-bond acceptors (Lipinski definition) is 9. The molecule has 176 valence electrons. The first kappa shape index (κ1) is 30.3. The van der Waals surface area contributed by atoms with Crippen LogP contribution in [0.4, 0.5) is 5.69 Å². The molecule has 0 radical (unpaired) electrons. The zero-order chi connectivity index (χ0) is 24.0. The number of benzene rings is 1. The molecule has 1 aromatic carbocycles. The molecule has 0 aliphatic carbocycles. The molecule has 3 aliphatic rings. The van der Waals surface area contributed by atoms with Crippen molar-refractivity contribution in [1.82, 2.24) is 10.2 Å². The first-order chi connectivity index (χ1) is 15.6. The van der Waals surface area contributed by atoms with E-state index in [2.05, 4.69) is 10.6 Å². The summed E-state index contributed by atoms with van der Waals surface area (Å²) in [6, 6.07) is 4.78. The van der Waals surface area contributed by atoms with Crippen molar-refractivity contribution in [2.75, 3.05) is 11.9 Å². The molecule has 1 aromatic rings. The molecule has 35 heavy (non-hydrogen) atoms. The van der Waals surface area contributed by atoms with Crippen molar-refractivity contribution in [2.24, 2.45) is 11.8 Å². The Kier molecular flexibility index (Phi) is 10.5. The number of aromatic carboxylic acids is 1. The van der Waals surface area contributed by atoms with Gasteiger partial charge in [-0.15, -0.1) is 11.8 Å². The van der Waals surface area contributed by atoms with Crippen LogP contribution in [-0.2, 0) is 14.4 Å². The Morgan fingerprint density at radius 2 is 1.91 bits per heavy atom. The zero-order valence-electron chi connectivity index (χ0n) is 19.9. The number of anilines is 1. The number of nitrogens with zero attached hydrogens (tertiary/aromatic N) is 1. The van der Waals surface area contributed by atoms with Gasteiger partial charge < -0.3 is 40.4 Å². The summed E-state index contributed by atoms with van der Waals surface area (Å²) >= 11 is 1.31. The van der Waals surface area contributed by atoms with Gasteiger partial charge in [-0.1, -0.05) is 19.1 Å². The molecule has 6 atom stereocenters. The van der Waals surface area contributed by atoms with Crippen LogP contribution in [0.2, 0.25) is 0 Å². The van der Waals surface area contributed by atoms with E-state index in [1.165, 1.54) is 41.8 Å². The maximum Gasteiger partial charge on any atom is 1.00 e. The minimum absolute atomic E-state index is 0. The number of hydrogen-bond donors (Lipinski definition) is 3. The Bertz CT molecular complexity index is 1070. The number of β-lactam (4-membered cyclic amide) rings is 1. The number of carboxylic acid groups (broad SMARTS) is 2. The maximum atomic E-state index is 12.6. The van der Waals surface area contributed by atoms with Gasteiger partial charge in [0.2, 0.25) is 11.8 Å². The molecule has 4 rings (SSSR count). The number of thioether (sulfide) groups is 1. The SMILES string of the molecule is C[C@@H](O)[C@H]1C(=O)N2C(C(=O)[O-])=C(S[C@@H]3CN[C@@H](C(=O)Nc4cccc(C(=O)[O-])c4)C3)[C@H](C)[C@H]12.[Na+].[Na+]. The second kappa shape index (κ2) is 12.1. The van der Waals surface area contributed by atoms with Crippen molar-refractivity contribution in [1.29, 1.82) is 0 Å². The van der Waals surface area contributed by atoms with Crippen LogP contribution in [-0.4, -0.2) is 63.7 Å². The second-order valence-electron chi connectivity index (χ2n) is 8.55. The van der Waals surface area contributed by atoms with Gasteiger partial charge in [0.1, 0.15) is 0 Å². The number of carbonyl (C=O) groups excluding carboxylic acids is 4. The summed E-state index contributed by atoms with van der Waals surface area (Å²) in [5, 5.41) is 38.4. The normalized spacial score (nSPS) is 27.8. The fourth-order valence-corrected chi connectivity index (χ4v) is 6.27. The smallest absolute Gasteiger partial charge is 0.545 e. The number of nitrogens with one attached hydrogen (secondary N) is 2. The third-order valence-corrected chi connectivity index (χ3v) is 7.88. The summed E-state index contributed by atoms with van der Waals surface area (Å²) in [5.74, 6) is -4.46. The van der Waals surface area contributed by atoms with Crippen molar-refractivity contribution in [2.45, 2.75) is 43.7 Å². The van der Waals surface area contributed by atoms with E-state index in [0.717, 1.165) is 0 Å². The molecule has 2 amide bonds. The fraction of sp³-hybridized carbons (Fsp3) is 0.455. The van der Waals surface area contributed by atoms with Gasteiger partial charge in [-0.3, -0.25) is 9.59 Å². The van der Waals surface area contributed by atoms with Crippen LogP contribution in [0.1, 0.15) is 30.6 Å². The average Bonchev–Trinajstić information content (AvgIpc) is 3.30. The number of aliphatic hydroxyl groups excluding tert-OH is 1. The van der Waals surface area contributed by atoms with Crippen molar-refractivity contribution >= 4 is 41.2 Å². The first-order valence-electron chi connectivity index (χ1n) is 10.6. The molecule has 2 saturated heterocycles. The van der Waals surface area contributed by atoms with E-state index in [1.54, 1.807) is 6.07 Å². The third kappa shape index (κ3) is 5.83. The maximum absolute atomic E-state index is 12.6. The molecule has 10 nitrogen and oxygen atoms in total. The minimum atomic E-state index is -1.43. The van der Waals surface area contributed by atoms with Gasteiger partial charge in [-0.25, -0.2) is 0 Å². The van der Waals surface area contributed by atoms with Crippen LogP contribution in [0.25, 0.3) is 0 Å². The topological polar surface area (TPSA) is 162 Å². The van der Waals surface area contributed by atoms with Crippen molar-refractivity contribution in [3.63, 3.8) is 0 Å². The monoisotopic (exact) mass is 519 g/mol. The van der Waals surface area contributed by atoms with Gasteiger partial charge in [-0.05, 0) is 31.0 Å². The standard InChI is InChI=1S/C22H25N3O7S.2Na/c1-9-16-15(10(2)26)20(28)25(16)17(22(31)32)18(9)33-13-7-14(23-8-13)19(27)24-12-5-3-4-11(6-12)21(29)30;;/h3-6,9-10,13-16,23,26H,7-8H2,1-2H3,(H,24,27)(H,29,30)(H,31,32);;/q;2*+1/p-2/t9-,10-,13+,14-,15-,16-;;/m1../s1. The number of aliphatic carboxylic acids is 1. The minimum Gasteiger partial charge on any atom is -0.545 e. The molecule has 0 aromatic heterocycles. The van der Waals surface area contributed by atoms with E-state index in [4.69, 9.17) is 0 Å². The fourth-order valence-electron chi connectivity index (χ4n) is 4.79. The number of rotatable bonds is 7. The van der Waals surface area contributed by atoms with Gasteiger partial charge >= 0.3 is 59.1 Å². The van der Waals surface area contributed by atoms with Crippen molar-refractivity contribution < 1.29 is 93.6 Å². The first-order valence-corrected chi connectivity index (χ1v) is 11.5. The van der Waals surface area contributed by atoms with Gasteiger partial charge in [-0.2, -0.15) is 0 Å². The van der Waals surface area contributed by atoms with E-state index in [0.29, 0.717) is 23.6 Å². The predicted molar refractivity (Wildman–Crippen MR) is 114 cm³/mol. The summed E-state index contributed by atoms with van der Waals surface area (Å²) in [6.45, 7) is 3.79. The van der Waals surface area contributed by atoms with Crippen molar-refractivity contribution in [3.05, 3.63) is 40.4 Å². The van der Waals surface area contributed by atoms with E-state index in [1.807, 2.05) is 6.92 Å². The van der Waals surface area contributed by atoms with E-state index < -0.39 is 42.0 Å².